The van der Waals surface area contributed by atoms with Gasteiger partial charge in [-0.15, -0.1) is 0 Å². The van der Waals surface area contributed by atoms with Gasteiger partial charge in [-0.2, -0.15) is 0 Å². The van der Waals surface area contributed by atoms with Crippen molar-refractivity contribution in [2.24, 2.45) is 5.73 Å². The molecule has 0 bridgehead atoms. The van der Waals surface area contributed by atoms with Crippen LogP contribution in [0, 0.1) is 0 Å². The van der Waals surface area contributed by atoms with Crippen LogP contribution in [-0.2, 0) is 4.79 Å². The van der Waals surface area contributed by atoms with Crippen molar-refractivity contribution in [2.45, 2.75) is 5.16 Å². The fourth-order valence-electron chi connectivity index (χ4n) is 0.783. The Balaban J connectivity index is 3.01. The van der Waals surface area contributed by atoms with Crippen LogP contribution in [0.2, 0.25) is 0 Å². The number of aromatic amines is 1. The lowest BCUT2D eigenvalue weighted by Gasteiger charge is -1.95. The number of carbonyl (C=O) groups excluding carboxylic acids is 1. The Morgan fingerprint density at radius 3 is 2.93 bits per heavy atom. The highest BCUT2D eigenvalue weighted by Gasteiger charge is 1.98. The fourth-order valence-corrected chi connectivity index (χ4v) is 1.14. The smallest absolute Gasteiger partial charge is 0.258 e. The predicted molar refractivity (Wildman–Crippen MR) is 54.9 cm³/mol. The molecule has 3 N–H and O–H groups in total. The van der Waals surface area contributed by atoms with Crippen molar-refractivity contribution in [1.82, 2.24) is 9.97 Å². The topological polar surface area (TPSA) is 88.8 Å². The van der Waals surface area contributed by atoms with E-state index in [-0.39, 0.29) is 5.56 Å². The summed E-state index contributed by atoms with van der Waals surface area (Å²) in [6.07, 6.45) is 5.64. The van der Waals surface area contributed by atoms with E-state index in [1.807, 2.05) is 0 Å². The van der Waals surface area contributed by atoms with Gasteiger partial charge in [0.25, 0.3) is 5.56 Å². The molecule has 6 heteroatoms. The van der Waals surface area contributed by atoms with Gasteiger partial charge >= 0.3 is 0 Å². The van der Waals surface area contributed by atoms with Gasteiger partial charge < -0.3 is 10.7 Å². The van der Waals surface area contributed by atoms with Crippen LogP contribution in [0.1, 0.15) is 5.56 Å². The molecule has 0 radical (unpaired) electrons. The highest BCUT2D eigenvalue weighted by molar-refractivity contribution is 7.98. The van der Waals surface area contributed by atoms with E-state index >= 15 is 0 Å². The van der Waals surface area contributed by atoms with Crippen LogP contribution in [0.25, 0.3) is 6.08 Å². The molecule has 0 unspecified atom stereocenters. The number of primary amides is 1. The minimum Gasteiger partial charge on any atom is -0.366 e. The maximum atomic E-state index is 11.3. The number of nitrogens with two attached hydrogens (primary N) is 1. The normalized spacial score (nSPS) is 10.6. The molecule has 1 aromatic rings. The number of hydrogen-bond acceptors (Lipinski definition) is 4. The quantitative estimate of drug-likeness (QED) is 0.418. The van der Waals surface area contributed by atoms with Crippen molar-refractivity contribution >= 4 is 23.7 Å². The van der Waals surface area contributed by atoms with Crippen LogP contribution >= 0.6 is 11.8 Å². The average Bonchev–Trinajstić information content (AvgIpc) is 2.15. The van der Waals surface area contributed by atoms with E-state index in [9.17, 15) is 9.59 Å². The Bertz CT molecular complexity index is 425. The molecule has 1 aromatic heterocycles. The largest absolute Gasteiger partial charge is 0.366 e. The molecule has 0 saturated carbocycles. The second-order valence-electron chi connectivity index (χ2n) is 2.41. The standard InChI is InChI=1S/C8H9N3O2S/c1-14-8-10-4-5(7(13)11-8)2-3-6(9)12/h2-4H,1H3,(H2,9,12)(H,10,11,13). The monoisotopic (exact) mass is 211 g/mol. The summed E-state index contributed by atoms with van der Waals surface area (Å²) in [6.45, 7) is 0. The molecule has 74 valence electrons. The molecule has 0 aromatic carbocycles. The summed E-state index contributed by atoms with van der Waals surface area (Å²) in [5.41, 5.74) is 4.90. The van der Waals surface area contributed by atoms with E-state index in [0.29, 0.717) is 10.7 Å². The summed E-state index contributed by atoms with van der Waals surface area (Å²) in [6, 6.07) is 0. The Hall–Kier alpha value is -1.56. The lowest BCUT2D eigenvalue weighted by atomic mass is 10.3. The Morgan fingerprint density at radius 1 is 1.71 bits per heavy atom. The maximum absolute atomic E-state index is 11.3. The first-order valence-electron chi connectivity index (χ1n) is 3.74. The molecule has 14 heavy (non-hydrogen) atoms. The Morgan fingerprint density at radius 2 is 2.43 bits per heavy atom. The van der Waals surface area contributed by atoms with Gasteiger partial charge in [0.15, 0.2) is 5.16 Å². The van der Waals surface area contributed by atoms with Crippen LogP contribution in [0.4, 0.5) is 0 Å². The van der Waals surface area contributed by atoms with Crippen molar-refractivity contribution in [3.63, 3.8) is 0 Å². The minimum absolute atomic E-state index is 0.290. The van der Waals surface area contributed by atoms with E-state index in [1.54, 1.807) is 6.26 Å². The van der Waals surface area contributed by atoms with Crippen molar-refractivity contribution in [1.29, 1.82) is 0 Å². The van der Waals surface area contributed by atoms with Gasteiger partial charge in [0.05, 0.1) is 5.56 Å². The fraction of sp³-hybridized carbons (Fsp3) is 0.125. The number of carbonyl (C=O) groups is 1. The molecule has 0 atom stereocenters. The van der Waals surface area contributed by atoms with Gasteiger partial charge in [-0.3, -0.25) is 9.59 Å². The van der Waals surface area contributed by atoms with Gasteiger partial charge in [-0.1, -0.05) is 11.8 Å². The molecule has 5 nitrogen and oxygen atoms in total. The van der Waals surface area contributed by atoms with Gasteiger partial charge in [-0.05, 0) is 12.3 Å². The van der Waals surface area contributed by atoms with Crippen molar-refractivity contribution < 1.29 is 4.79 Å². The van der Waals surface area contributed by atoms with Gasteiger partial charge in [-0.25, -0.2) is 4.98 Å². The second kappa shape index (κ2) is 4.61. The third-order valence-electron chi connectivity index (χ3n) is 1.42. The van der Waals surface area contributed by atoms with Gasteiger partial charge in [0.1, 0.15) is 0 Å². The molecular formula is C8H9N3O2S. The van der Waals surface area contributed by atoms with Crippen LogP contribution in [0.5, 0.6) is 0 Å². The van der Waals surface area contributed by atoms with Crippen molar-refractivity contribution in [2.75, 3.05) is 6.26 Å². The van der Waals surface area contributed by atoms with Crippen LogP contribution in [0.3, 0.4) is 0 Å². The molecule has 1 amide bonds. The number of rotatable bonds is 3. The lowest BCUT2D eigenvalue weighted by molar-refractivity contribution is -0.113. The van der Waals surface area contributed by atoms with Crippen LogP contribution in [-0.4, -0.2) is 22.1 Å². The van der Waals surface area contributed by atoms with E-state index < -0.39 is 5.91 Å². The molecule has 0 aliphatic carbocycles. The van der Waals surface area contributed by atoms with E-state index in [0.717, 1.165) is 6.08 Å². The number of nitrogens with one attached hydrogen (secondary N) is 1. The van der Waals surface area contributed by atoms with Gasteiger partial charge in [0, 0.05) is 12.3 Å². The zero-order valence-electron chi connectivity index (χ0n) is 7.48. The summed E-state index contributed by atoms with van der Waals surface area (Å²) in [5.74, 6) is -0.599. The summed E-state index contributed by atoms with van der Waals surface area (Å²) < 4.78 is 0. The minimum atomic E-state index is -0.599. The molecule has 1 heterocycles. The number of hydrogen-bond donors (Lipinski definition) is 2. The summed E-state index contributed by atoms with van der Waals surface area (Å²) in [5, 5.41) is 0.534. The first-order chi connectivity index (χ1) is 6.63. The number of amides is 1. The second-order valence-corrected chi connectivity index (χ2v) is 3.21. The van der Waals surface area contributed by atoms with Crippen molar-refractivity contribution in [3.05, 3.63) is 28.2 Å². The van der Waals surface area contributed by atoms with E-state index in [1.165, 1.54) is 24.0 Å². The average molecular weight is 211 g/mol. The summed E-state index contributed by atoms with van der Waals surface area (Å²) in [7, 11) is 0. The zero-order chi connectivity index (χ0) is 10.6. The summed E-state index contributed by atoms with van der Waals surface area (Å²) >= 11 is 1.33. The first kappa shape index (κ1) is 10.5. The molecular weight excluding hydrogens is 202 g/mol. The number of aromatic nitrogens is 2. The third kappa shape index (κ3) is 2.74. The third-order valence-corrected chi connectivity index (χ3v) is 2.02. The van der Waals surface area contributed by atoms with Crippen LogP contribution in [0.15, 0.2) is 22.2 Å². The summed E-state index contributed by atoms with van der Waals surface area (Å²) in [4.78, 5) is 28.2. The lowest BCUT2D eigenvalue weighted by Crippen LogP contribution is -2.12. The number of H-pyrrole nitrogens is 1. The van der Waals surface area contributed by atoms with Crippen LogP contribution < -0.4 is 11.3 Å². The molecule has 0 aliphatic heterocycles. The van der Waals surface area contributed by atoms with Gasteiger partial charge in [0.2, 0.25) is 5.91 Å². The highest BCUT2D eigenvalue weighted by atomic mass is 32.2. The first-order valence-corrected chi connectivity index (χ1v) is 4.97. The van der Waals surface area contributed by atoms with E-state index in [4.69, 9.17) is 5.73 Å². The molecule has 0 saturated heterocycles. The van der Waals surface area contributed by atoms with Crippen molar-refractivity contribution in [3.8, 4) is 0 Å². The highest BCUT2D eigenvalue weighted by Crippen LogP contribution is 2.04. The predicted octanol–water partition coefficient (Wildman–Crippen LogP) is -0.00970. The molecule has 1 rings (SSSR count). The SMILES string of the molecule is CSc1ncc(C=CC(N)=O)c(=O)[nH]1. The Labute approximate surface area is 84.4 Å². The maximum Gasteiger partial charge on any atom is 0.258 e. The molecule has 0 spiro atoms. The molecule has 0 aliphatic rings. The van der Waals surface area contributed by atoms with E-state index in [2.05, 4.69) is 9.97 Å². The number of thioether (sulfide) groups is 1. The zero-order valence-corrected chi connectivity index (χ0v) is 8.30. The molecule has 0 fully saturated rings. The number of nitrogens with zero attached hydrogens (tertiary/aromatic N) is 1. The Kier molecular flexibility index (Phi) is 3.47.